The molecule has 1 aliphatic carbocycles. The Balaban J connectivity index is 3.17. The van der Waals surface area contributed by atoms with Crippen LogP contribution in [0.1, 0.15) is 60.3 Å². The summed E-state index contributed by atoms with van der Waals surface area (Å²) in [4.78, 5) is 24.9. The zero-order valence-corrected chi connectivity index (χ0v) is 13.5. The van der Waals surface area contributed by atoms with Gasteiger partial charge in [-0.05, 0) is 44.4 Å². The minimum absolute atomic E-state index is 0.0118. The Bertz CT molecular complexity index is 408. The Hall–Kier alpha value is -1.12. The molecule has 0 amide bonds. The lowest BCUT2D eigenvalue weighted by atomic mass is 9.56. The SMILES string of the molecule is C=C(C)C1CC(C(=O)CC)(C(=O)OCC)CCC1(C)C. The van der Waals surface area contributed by atoms with Gasteiger partial charge in [-0.2, -0.15) is 0 Å². The lowest BCUT2D eigenvalue weighted by Gasteiger charge is -2.47. The van der Waals surface area contributed by atoms with E-state index in [2.05, 4.69) is 20.4 Å². The van der Waals surface area contributed by atoms with Crippen LogP contribution in [0.15, 0.2) is 12.2 Å². The normalized spacial score (nSPS) is 28.8. The molecule has 1 rings (SSSR count). The number of hydrogen-bond acceptors (Lipinski definition) is 3. The number of allylic oxidation sites excluding steroid dienone is 1. The summed E-state index contributed by atoms with van der Waals surface area (Å²) in [5, 5.41) is 0. The predicted molar refractivity (Wildman–Crippen MR) is 80.3 cm³/mol. The van der Waals surface area contributed by atoms with Crippen molar-refractivity contribution in [1.82, 2.24) is 0 Å². The maximum Gasteiger partial charge on any atom is 0.319 e. The van der Waals surface area contributed by atoms with E-state index in [0.29, 0.717) is 25.9 Å². The van der Waals surface area contributed by atoms with Crippen LogP contribution in [0.25, 0.3) is 0 Å². The van der Waals surface area contributed by atoms with Crippen molar-refractivity contribution in [3.63, 3.8) is 0 Å². The Morgan fingerprint density at radius 1 is 1.25 bits per heavy atom. The molecule has 0 aliphatic heterocycles. The maximum atomic E-state index is 12.5. The van der Waals surface area contributed by atoms with Crippen molar-refractivity contribution in [3.8, 4) is 0 Å². The number of carbonyl (C=O) groups is 2. The van der Waals surface area contributed by atoms with Crippen molar-refractivity contribution in [1.29, 1.82) is 0 Å². The van der Waals surface area contributed by atoms with Crippen LogP contribution in [0.3, 0.4) is 0 Å². The molecule has 0 bridgehead atoms. The molecule has 1 fully saturated rings. The topological polar surface area (TPSA) is 43.4 Å². The van der Waals surface area contributed by atoms with Crippen molar-refractivity contribution in [2.24, 2.45) is 16.7 Å². The number of Topliss-reactive ketones (excluding diaryl/α,β-unsaturated/α-hetero) is 1. The van der Waals surface area contributed by atoms with Crippen molar-refractivity contribution >= 4 is 11.8 Å². The number of hydrogen-bond donors (Lipinski definition) is 0. The molecule has 0 aromatic heterocycles. The minimum atomic E-state index is -0.954. The first-order valence-electron chi connectivity index (χ1n) is 7.57. The summed E-state index contributed by atoms with van der Waals surface area (Å²) in [7, 11) is 0. The van der Waals surface area contributed by atoms with E-state index in [4.69, 9.17) is 4.74 Å². The fourth-order valence-corrected chi connectivity index (χ4v) is 3.44. The zero-order chi connectivity index (χ0) is 15.6. The molecule has 1 aliphatic rings. The monoisotopic (exact) mass is 280 g/mol. The average Bonchev–Trinajstić information content (AvgIpc) is 2.37. The van der Waals surface area contributed by atoms with Crippen LogP contribution in [0.4, 0.5) is 0 Å². The summed E-state index contributed by atoms with van der Waals surface area (Å²) in [6, 6.07) is 0. The lowest BCUT2D eigenvalue weighted by Crippen LogP contribution is -2.48. The largest absolute Gasteiger partial charge is 0.465 e. The molecule has 0 aromatic carbocycles. The lowest BCUT2D eigenvalue weighted by molar-refractivity contribution is -0.165. The molecule has 3 nitrogen and oxygen atoms in total. The third-order valence-electron chi connectivity index (χ3n) is 4.81. The van der Waals surface area contributed by atoms with Gasteiger partial charge >= 0.3 is 5.97 Å². The van der Waals surface area contributed by atoms with Gasteiger partial charge in [0.05, 0.1) is 6.61 Å². The molecule has 0 heterocycles. The van der Waals surface area contributed by atoms with E-state index in [9.17, 15) is 9.59 Å². The van der Waals surface area contributed by atoms with E-state index < -0.39 is 5.41 Å². The molecule has 0 radical (unpaired) electrons. The first kappa shape index (κ1) is 16.9. The summed E-state index contributed by atoms with van der Waals surface area (Å²) in [6.07, 6.45) is 2.35. The molecule has 1 saturated carbocycles. The van der Waals surface area contributed by atoms with Gasteiger partial charge in [-0.1, -0.05) is 32.9 Å². The van der Waals surface area contributed by atoms with Gasteiger partial charge in [0.25, 0.3) is 0 Å². The molecular formula is C17H28O3. The highest BCUT2D eigenvalue weighted by molar-refractivity contribution is 6.03. The third kappa shape index (κ3) is 2.97. The van der Waals surface area contributed by atoms with Crippen LogP contribution >= 0.6 is 0 Å². The van der Waals surface area contributed by atoms with Crippen LogP contribution in [0, 0.1) is 16.7 Å². The fraction of sp³-hybridized carbons (Fsp3) is 0.765. The Morgan fingerprint density at radius 3 is 2.30 bits per heavy atom. The molecule has 20 heavy (non-hydrogen) atoms. The van der Waals surface area contributed by atoms with Gasteiger partial charge in [0.1, 0.15) is 11.2 Å². The molecule has 3 heteroatoms. The van der Waals surface area contributed by atoms with Crippen LogP contribution in [-0.4, -0.2) is 18.4 Å². The van der Waals surface area contributed by atoms with Crippen molar-refractivity contribution in [2.45, 2.75) is 60.3 Å². The van der Waals surface area contributed by atoms with Gasteiger partial charge in [-0.25, -0.2) is 0 Å². The summed E-state index contributed by atoms with van der Waals surface area (Å²) < 4.78 is 5.21. The van der Waals surface area contributed by atoms with E-state index in [0.717, 1.165) is 12.0 Å². The average molecular weight is 280 g/mol. The smallest absolute Gasteiger partial charge is 0.319 e. The molecule has 0 N–H and O–H groups in total. The van der Waals surface area contributed by atoms with E-state index in [1.165, 1.54) is 0 Å². The van der Waals surface area contributed by atoms with Crippen molar-refractivity contribution in [3.05, 3.63) is 12.2 Å². The number of ether oxygens (including phenoxy) is 1. The highest BCUT2D eigenvalue weighted by Crippen LogP contribution is 2.52. The van der Waals surface area contributed by atoms with E-state index in [1.54, 1.807) is 6.92 Å². The molecule has 114 valence electrons. The second-order valence-corrected chi connectivity index (χ2v) is 6.67. The maximum absolute atomic E-state index is 12.5. The fourth-order valence-electron chi connectivity index (χ4n) is 3.44. The molecule has 0 aromatic rings. The van der Waals surface area contributed by atoms with Crippen molar-refractivity contribution in [2.75, 3.05) is 6.61 Å². The highest BCUT2D eigenvalue weighted by Gasteiger charge is 2.53. The quantitative estimate of drug-likeness (QED) is 0.435. The molecule has 2 atom stereocenters. The van der Waals surface area contributed by atoms with Crippen LogP contribution in [0.2, 0.25) is 0 Å². The first-order valence-corrected chi connectivity index (χ1v) is 7.57. The number of esters is 1. The molecule has 0 spiro atoms. The van der Waals surface area contributed by atoms with Crippen LogP contribution in [0.5, 0.6) is 0 Å². The summed E-state index contributed by atoms with van der Waals surface area (Å²) in [5.74, 6) is -0.151. The van der Waals surface area contributed by atoms with Gasteiger partial charge in [-0.3, -0.25) is 9.59 Å². The van der Waals surface area contributed by atoms with E-state index in [-0.39, 0.29) is 23.1 Å². The highest BCUT2D eigenvalue weighted by atomic mass is 16.5. The minimum Gasteiger partial charge on any atom is -0.465 e. The summed E-state index contributed by atoms with van der Waals surface area (Å²) in [5.41, 5.74) is 0.173. The first-order chi connectivity index (χ1) is 9.21. The molecule has 0 saturated heterocycles. The molecule has 2 unspecified atom stereocenters. The van der Waals surface area contributed by atoms with Gasteiger partial charge in [-0.15, -0.1) is 0 Å². The van der Waals surface area contributed by atoms with Gasteiger partial charge in [0, 0.05) is 6.42 Å². The van der Waals surface area contributed by atoms with Gasteiger partial charge in [0.15, 0.2) is 0 Å². The number of carbonyl (C=O) groups excluding carboxylic acids is 2. The second-order valence-electron chi connectivity index (χ2n) is 6.67. The standard InChI is InChI=1S/C17H28O3/c1-7-14(18)17(15(19)20-8-2)10-9-16(5,6)13(11-17)12(3)4/h13H,3,7-11H2,1-2,4-6H3. The third-order valence-corrected chi connectivity index (χ3v) is 4.81. The predicted octanol–water partition coefficient (Wildman–Crippen LogP) is 3.92. The van der Waals surface area contributed by atoms with Crippen molar-refractivity contribution < 1.29 is 14.3 Å². The Morgan fingerprint density at radius 2 is 1.85 bits per heavy atom. The van der Waals surface area contributed by atoms with Crippen LogP contribution in [-0.2, 0) is 14.3 Å². The van der Waals surface area contributed by atoms with Gasteiger partial charge < -0.3 is 4.74 Å². The van der Waals surface area contributed by atoms with E-state index in [1.807, 2.05) is 13.8 Å². The molecular weight excluding hydrogens is 252 g/mol. The van der Waals surface area contributed by atoms with E-state index >= 15 is 0 Å². The number of ketones is 1. The summed E-state index contributed by atoms with van der Waals surface area (Å²) in [6.45, 7) is 14.4. The number of rotatable bonds is 5. The Labute approximate surface area is 122 Å². The second kappa shape index (κ2) is 6.11. The zero-order valence-electron chi connectivity index (χ0n) is 13.5. The van der Waals surface area contributed by atoms with Gasteiger partial charge in [0.2, 0.25) is 0 Å². The Kier molecular flexibility index (Phi) is 5.17. The van der Waals surface area contributed by atoms with Crippen LogP contribution < -0.4 is 0 Å². The summed E-state index contributed by atoms with van der Waals surface area (Å²) >= 11 is 0.